The second-order valence-electron chi connectivity index (χ2n) is 6.30. The Morgan fingerprint density at radius 3 is 1.96 bits per heavy atom. The van der Waals surface area contributed by atoms with Crippen molar-refractivity contribution in [3.05, 3.63) is 110 Å². The molecule has 1 atom stereocenters. The molecule has 2 heteroatoms. The molecule has 0 aromatic heterocycles. The molecule has 0 N–H and O–H groups in total. The zero-order valence-corrected chi connectivity index (χ0v) is 17.5. The van der Waals surface area contributed by atoms with Crippen LogP contribution >= 0.6 is 31.9 Å². The van der Waals surface area contributed by atoms with Gasteiger partial charge in [0, 0.05) is 14.9 Å². The normalized spacial score (nSPS) is 12.5. The standard InChI is InChI=1S/C23H20Br2/c1-16-3-13-22(17(2)15-16)23(19-7-11-21(25)12-8-19)14-6-18-4-9-20(24)10-5-18/h3-15,23H,1-2H3/b14-6+. The van der Waals surface area contributed by atoms with Crippen molar-refractivity contribution in [3.63, 3.8) is 0 Å². The Hall–Kier alpha value is -1.64. The van der Waals surface area contributed by atoms with E-state index in [9.17, 15) is 0 Å². The maximum Gasteiger partial charge on any atom is 0.0275 e. The quantitative estimate of drug-likeness (QED) is 0.378. The summed E-state index contributed by atoms with van der Waals surface area (Å²) in [5.41, 5.74) is 6.47. The van der Waals surface area contributed by atoms with Crippen LogP contribution in [0.15, 0.2) is 81.8 Å². The zero-order chi connectivity index (χ0) is 17.8. The Bertz CT molecular complexity index is 875. The van der Waals surface area contributed by atoms with E-state index in [0.717, 1.165) is 8.95 Å². The Morgan fingerprint density at radius 1 is 0.760 bits per heavy atom. The first kappa shape index (κ1) is 18.2. The molecule has 0 saturated heterocycles. The van der Waals surface area contributed by atoms with Crippen molar-refractivity contribution in [2.24, 2.45) is 0 Å². The highest BCUT2D eigenvalue weighted by Crippen LogP contribution is 2.31. The van der Waals surface area contributed by atoms with E-state index in [1.807, 2.05) is 0 Å². The first-order chi connectivity index (χ1) is 12.0. The fourth-order valence-corrected chi connectivity index (χ4v) is 3.55. The summed E-state index contributed by atoms with van der Waals surface area (Å²) >= 11 is 7.03. The van der Waals surface area contributed by atoms with Gasteiger partial charge in [0.25, 0.3) is 0 Å². The summed E-state index contributed by atoms with van der Waals surface area (Å²) in [6.45, 7) is 4.34. The molecule has 0 nitrogen and oxygen atoms in total. The first-order valence-corrected chi connectivity index (χ1v) is 9.88. The minimum atomic E-state index is 0.234. The summed E-state index contributed by atoms with van der Waals surface area (Å²) in [5.74, 6) is 0.234. The molecule has 0 spiro atoms. The molecule has 0 radical (unpaired) electrons. The fraction of sp³-hybridized carbons (Fsp3) is 0.130. The number of hydrogen-bond donors (Lipinski definition) is 0. The van der Waals surface area contributed by atoms with Gasteiger partial charge in [-0.05, 0) is 60.4 Å². The summed E-state index contributed by atoms with van der Waals surface area (Å²) in [6.07, 6.45) is 4.50. The molecule has 3 rings (SSSR count). The molecule has 3 aromatic rings. The summed E-state index contributed by atoms with van der Waals surface area (Å²) in [7, 11) is 0. The number of hydrogen-bond acceptors (Lipinski definition) is 0. The van der Waals surface area contributed by atoms with E-state index in [-0.39, 0.29) is 5.92 Å². The lowest BCUT2D eigenvalue weighted by Crippen LogP contribution is -2.01. The van der Waals surface area contributed by atoms with Gasteiger partial charge in [-0.3, -0.25) is 0 Å². The minimum Gasteiger partial charge on any atom is -0.0720 e. The molecule has 0 saturated carbocycles. The molecule has 3 aromatic carbocycles. The topological polar surface area (TPSA) is 0 Å². The minimum absolute atomic E-state index is 0.234. The maximum atomic E-state index is 3.53. The van der Waals surface area contributed by atoms with Crippen molar-refractivity contribution in [2.45, 2.75) is 19.8 Å². The molecule has 0 amide bonds. The summed E-state index contributed by atoms with van der Waals surface area (Å²) in [5, 5.41) is 0. The highest BCUT2D eigenvalue weighted by Gasteiger charge is 2.13. The highest BCUT2D eigenvalue weighted by molar-refractivity contribution is 9.10. The van der Waals surface area contributed by atoms with E-state index in [1.54, 1.807) is 0 Å². The van der Waals surface area contributed by atoms with Gasteiger partial charge in [0.05, 0.1) is 0 Å². The molecular formula is C23H20Br2. The Kier molecular flexibility index (Phi) is 5.93. The molecule has 1 unspecified atom stereocenters. The van der Waals surface area contributed by atoms with Crippen LogP contribution in [-0.2, 0) is 0 Å². The third-order valence-corrected chi connectivity index (χ3v) is 5.40. The number of halogens is 2. The summed E-state index contributed by atoms with van der Waals surface area (Å²) < 4.78 is 2.20. The van der Waals surface area contributed by atoms with Gasteiger partial charge < -0.3 is 0 Å². The van der Waals surface area contributed by atoms with Crippen LogP contribution in [0.5, 0.6) is 0 Å². The van der Waals surface area contributed by atoms with Crippen LogP contribution in [0.3, 0.4) is 0 Å². The van der Waals surface area contributed by atoms with Crippen molar-refractivity contribution < 1.29 is 0 Å². The molecular weight excluding hydrogens is 436 g/mol. The predicted octanol–water partition coefficient (Wildman–Crippen LogP) is 7.67. The Labute approximate surface area is 166 Å². The van der Waals surface area contributed by atoms with E-state index in [0.29, 0.717) is 0 Å². The lowest BCUT2D eigenvalue weighted by atomic mass is 9.87. The van der Waals surface area contributed by atoms with Crippen LogP contribution in [-0.4, -0.2) is 0 Å². The van der Waals surface area contributed by atoms with Gasteiger partial charge in [0.2, 0.25) is 0 Å². The van der Waals surface area contributed by atoms with Gasteiger partial charge in [0.1, 0.15) is 0 Å². The van der Waals surface area contributed by atoms with Crippen LogP contribution < -0.4 is 0 Å². The molecule has 0 aliphatic rings. The molecule has 25 heavy (non-hydrogen) atoms. The SMILES string of the molecule is Cc1ccc(C(/C=C/c2ccc(Br)cc2)c2ccc(Br)cc2)c(C)c1. The highest BCUT2D eigenvalue weighted by atomic mass is 79.9. The second kappa shape index (κ2) is 8.16. The number of rotatable bonds is 4. The van der Waals surface area contributed by atoms with Gasteiger partial charge in [-0.15, -0.1) is 0 Å². The monoisotopic (exact) mass is 454 g/mol. The van der Waals surface area contributed by atoms with Crippen LogP contribution in [0.25, 0.3) is 6.08 Å². The average molecular weight is 456 g/mol. The van der Waals surface area contributed by atoms with Crippen molar-refractivity contribution in [1.29, 1.82) is 0 Å². The van der Waals surface area contributed by atoms with Crippen molar-refractivity contribution in [1.82, 2.24) is 0 Å². The molecule has 126 valence electrons. The molecule has 0 bridgehead atoms. The average Bonchev–Trinajstić information content (AvgIpc) is 2.59. The van der Waals surface area contributed by atoms with E-state index < -0.39 is 0 Å². The van der Waals surface area contributed by atoms with Crippen molar-refractivity contribution in [3.8, 4) is 0 Å². The molecule has 0 aliphatic heterocycles. The molecule has 0 aliphatic carbocycles. The third kappa shape index (κ3) is 4.71. The van der Waals surface area contributed by atoms with E-state index in [2.05, 4.69) is 125 Å². The summed E-state index contributed by atoms with van der Waals surface area (Å²) in [6, 6.07) is 23.7. The van der Waals surface area contributed by atoms with Gasteiger partial charge in [-0.2, -0.15) is 0 Å². The maximum absolute atomic E-state index is 3.53. The van der Waals surface area contributed by atoms with Crippen LogP contribution in [0.1, 0.15) is 33.7 Å². The number of aryl methyl sites for hydroxylation is 2. The Balaban J connectivity index is 2.02. The third-order valence-electron chi connectivity index (χ3n) is 4.34. The zero-order valence-electron chi connectivity index (χ0n) is 14.3. The van der Waals surface area contributed by atoms with E-state index in [4.69, 9.17) is 0 Å². The van der Waals surface area contributed by atoms with Crippen molar-refractivity contribution >= 4 is 37.9 Å². The summed E-state index contributed by atoms with van der Waals surface area (Å²) in [4.78, 5) is 0. The van der Waals surface area contributed by atoms with Gasteiger partial charge in [-0.25, -0.2) is 0 Å². The lowest BCUT2D eigenvalue weighted by molar-refractivity contribution is 1.01. The van der Waals surface area contributed by atoms with Crippen LogP contribution in [0, 0.1) is 13.8 Å². The van der Waals surface area contributed by atoms with Crippen LogP contribution in [0.2, 0.25) is 0 Å². The smallest absolute Gasteiger partial charge is 0.0275 e. The second-order valence-corrected chi connectivity index (χ2v) is 8.13. The first-order valence-electron chi connectivity index (χ1n) is 8.29. The van der Waals surface area contributed by atoms with Gasteiger partial charge in [-0.1, -0.05) is 92.0 Å². The largest absolute Gasteiger partial charge is 0.0720 e. The predicted molar refractivity (Wildman–Crippen MR) is 115 cm³/mol. The molecule has 0 fully saturated rings. The number of allylic oxidation sites excluding steroid dienone is 1. The number of benzene rings is 3. The van der Waals surface area contributed by atoms with Gasteiger partial charge >= 0.3 is 0 Å². The van der Waals surface area contributed by atoms with E-state index >= 15 is 0 Å². The van der Waals surface area contributed by atoms with E-state index in [1.165, 1.54) is 27.8 Å². The molecule has 0 heterocycles. The fourth-order valence-electron chi connectivity index (χ4n) is 3.02. The van der Waals surface area contributed by atoms with Crippen LogP contribution in [0.4, 0.5) is 0 Å². The Morgan fingerprint density at radius 2 is 1.36 bits per heavy atom. The lowest BCUT2D eigenvalue weighted by Gasteiger charge is -2.17. The van der Waals surface area contributed by atoms with Gasteiger partial charge in [0.15, 0.2) is 0 Å². The van der Waals surface area contributed by atoms with Crippen molar-refractivity contribution in [2.75, 3.05) is 0 Å².